The summed E-state index contributed by atoms with van der Waals surface area (Å²) in [6.45, 7) is 8.99. The van der Waals surface area contributed by atoms with Crippen LogP contribution < -0.4 is 15.4 Å². The van der Waals surface area contributed by atoms with Gasteiger partial charge in [0.1, 0.15) is 5.75 Å². The third-order valence-corrected chi connectivity index (χ3v) is 5.29. The van der Waals surface area contributed by atoms with Crippen molar-refractivity contribution in [1.29, 1.82) is 0 Å². The van der Waals surface area contributed by atoms with Crippen molar-refractivity contribution in [2.45, 2.75) is 33.1 Å². The summed E-state index contributed by atoms with van der Waals surface area (Å²) in [5.41, 5.74) is 4.89. The van der Waals surface area contributed by atoms with Crippen molar-refractivity contribution in [3.63, 3.8) is 0 Å². The largest absolute Gasteiger partial charge is 0.483 e. The summed E-state index contributed by atoms with van der Waals surface area (Å²) in [4.78, 5) is 24.5. The van der Waals surface area contributed by atoms with E-state index in [0.717, 1.165) is 28.0 Å². The van der Waals surface area contributed by atoms with Gasteiger partial charge in [-0.3, -0.25) is 9.59 Å². The molecule has 2 amide bonds. The van der Waals surface area contributed by atoms with E-state index < -0.39 is 0 Å². The van der Waals surface area contributed by atoms with Gasteiger partial charge in [-0.1, -0.05) is 80.9 Å². The number of benzene rings is 3. The summed E-state index contributed by atoms with van der Waals surface area (Å²) in [6.07, 6.45) is 0. The van der Waals surface area contributed by atoms with Gasteiger partial charge in [0, 0.05) is 18.7 Å². The predicted octanol–water partition coefficient (Wildman–Crippen LogP) is 4.88. The normalized spacial score (nSPS) is 11.0. The number of rotatable bonds is 8. The Labute approximate surface area is 196 Å². The quantitative estimate of drug-likeness (QED) is 0.487. The van der Waals surface area contributed by atoms with Gasteiger partial charge in [0.05, 0.1) is 0 Å². The van der Waals surface area contributed by atoms with E-state index in [-0.39, 0.29) is 23.8 Å². The lowest BCUT2D eigenvalue weighted by molar-refractivity contribution is -0.123. The molecular formula is C28H32N2O3. The second kappa shape index (κ2) is 10.8. The first-order chi connectivity index (χ1) is 15.7. The monoisotopic (exact) mass is 444 g/mol. The molecule has 0 bridgehead atoms. The average Bonchev–Trinajstić information content (AvgIpc) is 2.81. The van der Waals surface area contributed by atoms with Gasteiger partial charge < -0.3 is 15.4 Å². The van der Waals surface area contributed by atoms with Crippen LogP contribution in [0.15, 0.2) is 72.8 Å². The van der Waals surface area contributed by atoms with Crippen molar-refractivity contribution in [2.75, 3.05) is 19.7 Å². The number of nitrogens with one attached hydrogen (secondary N) is 2. The number of amides is 2. The number of carbonyl (C=O) groups excluding carboxylic acids is 2. The Hall–Kier alpha value is -3.60. The summed E-state index contributed by atoms with van der Waals surface area (Å²) >= 11 is 0. The van der Waals surface area contributed by atoms with Crippen molar-refractivity contribution in [3.05, 3.63) is 89.5 Å². The summed E-state index contributed by atoms with van der Waals surface area (Å²) < 4.78 is 5.78. The second-order valence-corrected chi connectivity index (χ2v) is 9.09. The van der Waals surface area contributed by atoms with E-state index >= 15 is 0 Å². The molecule has 3 aromatic carbocycles. The summed E-state index contributed by atoms with van der Waals surface area (Å²) in [5.74, 6) is 0.321. The smallest absolute Gasteiger partial charge is 0.258 e. The molecule has 0 atom stereocenters. The molecule has 5 nitrogen and oxygen atoms in total. The zero-order valence-electron chi connectivity index (χ0n) is 19.8. The van der Waals surface area contributed by atoms with Crippen LogP contribution in [-0.2, 0) is 10.2 Å². The number of carbonyl (C=O) groups is 2. The Bertz CT molecular complexity index is 1080. The van der Waals surface area contributed by atoms with Crippen LogP contribution in [0.3, 0.4) is 0 Å². The maximum absolute atomic E-state index is 12.4. The predicted molar refractivity (Wildman–Crippen MR) is 133 cm³/mol. The molecule has 0 spiro atoms. The van der Waals surface area contributed by atoms with Crippen molar-refractivity contribution in [2.24, 2.45) is 0 Å². The van der Waals surface area contributed by atoms with Crippen LogP contribution in [0.4, 0.5) is 0 Å². The van der Waals surface area contributed by atoms with Crippen molar-refractivity contribution >= 4 is 11.8 Å². The standard InChI is InChI=1S/C28H32N2O3/c1-20-10-15-25(24(18-20)28(2,3)4)33-19-26(31)29-16-17-30-27(32)23-13-11-22(12-14-23)21-8-6-5-7-9-21/h5-15,18H,16-17,19H2,1-4H3,(H,29,31)(H,30,32). The molecule has 172 valence electrons. The topological polar surface area (TPSA) is 67.4 Å². The highest BCUT2D eigenvalue weighted by Crippen LogP contribution is 2.32. The van der Waals surface area contributed by atoms with Crippen LogP contribution >= 0.6 is 0 Å². The summed E-state index contributed by atoms with van der Waals surface area (Å²) in [5, 5.41) is 5.61. The van der Waals surface area contributed by atoms with Crippen molar-refractivity contribution in [3.8, 4) is 16.9 Å². The lowest BCUT2D eigenvalue weighted by atomic mass is 9.85. The van der Waals surface area contributed by atoms with Gasteiger partial charge in [-0.05, 0) is 47.2 Å². The molecular weight excluding hydrogens is 412 g/mol. The third-order valence-electron chi connectivity index (χ3n) is 5.29. The van der Waals surface area contributed by atoms with Gasteiger partial charge in [-0.2, -0.15) is 0 Å². The molecule has 0 aromatic heterocycles. The van der Waals surface area contributed by atoms with Crippen molar-refractivity contribution < 1.29 is 14.3 Å². The van der Waals surface area contributed by atoms with E-state index in [1.807, 2.05) is 61.5 Å². The third kappa shape index (κ3) is 6.94. The first-order valence-electron chi connectivity index (χ1n) is 11.2. The van der Waals surface area contributed by atoms with Crippen LogP contribution in [0.2, 0.25) is 0 Å². The molecule has 0 aliphatic carbocycles. The lowest BCUT2D eigenvalue weighted by Gasteiger charge is -2.23. The molecule has 0 heterocycles. The van der Waals surface area contributed by atoms with Crippen LogP contribution in [-0.4, -0.2) is 31.5 Å². The second-order valence-electron chi connectivity index (χ2n) is 9.09. The van der Waals surface area contributed by atoms with E-state index in [2.05, 4.69) is 37.5 Å². The Kier molecular flexibility index (Phi) is 7.88. The van der Waals surface area contributed by atoms with Gasteiger partial charge in [0.15, 0.2) is 6.61 Å². The molecule has 2 N–H and O–H groups in total. The highest BCUT2D eigenvalue weighted by molar-refractivity contribution is 5.94. The molecule has 5 heteroatoms. The zero-order chi connectivity index (χ0) is 23.8. The minimum absolute atomic E-state index is 0.0684. The molecule has 3 rings (SSSR count). The van der Waals surface area contributed by atoms with E-state index in [1.165, 1.54) is 0 Å². The van der Waals surface area contributed by atoms with Gasteiger partial charge in [-0.25, -0.2) is 0 Å². The summed E-state index contributed by atoms with van der Waals surface area (Å²) in [7, 11) is 0. The van der Waals surface area contributed by atoms with Gasteiger partial charge >= 0.3 is 0 Å². The Balaban J connectivity index is 1.42. The molecule has 3 aromatic rings. The fourth-order valence-corrected chi connectivity index (χ4v) is 3.47. The van der Waals surface area contributed by atoms with Gasteiger partial charge in [0.2, 0.25) is 0 Å². The molecule has 0 aliphatic rings. The molecule has 0 fully saturated rings. The van der Waals surface area contributed by atoms with Crippen LogP contribution in [0.25, 0.3) is 11.1 Å². The minimum Gasteiger partial charge on any atom is -0.483 e. The maximum Gasteiger partial charge on any atom is 0.258 e. The maximum atomic E-state index is 12.4. The van der Waals surface area contributed by atoms with E-state index in [1.54, 1.807) is 12.1 Å². The van der Waals surface area contributed by atoms with Crippen LogP contribution in [0.5, 0.6) is 5.75 Å². The first-order valence-corrected chi connectivity index (χ1v) is 11.2. The van der Waals surface area contributed by atoms with E-state index in [4.69, 9.17) is 4.74 Å². The Morgan fingerprint density at radius 3 is 2.12 bits per heavy atom. The number of hydrogen-bond donors (Lipinski definition) is 2. The van der Waals surface area contributed by atoms with Crippen molar-refractivity contribution in [1.82, 2.24) is 10.6 Å². The highest BCUT2D eigenvalue weighted by Gasteiger charge is 2.19. The number of hydrogen-bond acceptors (Lipinski definition) is 3. The average molecular weight is 445 g/mol. The number of ether oxygens (including phenoxy) is 1. The SMILES string of the molecule is Cc1ccc(OCC(=O)NCCNC(=O)c2ccc(-c3ccccc3)cc2)c(C(C)(C)C)c1. The molecule has 0 unspecified atom stereocenters. The fourth-order valence-electron chi connectivity index (χ4n) is 3.47. The lowest BCUT2D eigenvalue weighted by Crippen LogP contribution is -2.36. The molecule has 0 saturated carbocycles. The van der Waals surface area contributed by atoms with E-state index in [9.17, 15) is 9.59 Å². The molecule has 33 heavy (non-hydrogen) atoms. The van der Waals surface area contributed by atoms with Gasteiger partial charge in [-0.15, -0.1) is 0 Å². The van der Waals surface area contributed by atoms with E-state index in [0.29, 0.717) is 18.7 Å². The van der Waals surface area contributed by atoms with Gasteiger partial charge in [0.25, 0.3) is 11.8 Å². The number of aryl methyl sites for hydroxylation is 1. The molecule has 0 aliphatic heterocycles. The fraction of sp³-hybridized carbons (Fsp3) is 0.286. The Morgan fingerprint density at radius 2 is 1.45 bits per heavy atom. The minimum atomic E-state index is -0.225. The molecule has 0 saturated heterocycles. The van der Waals surface area contributed by atoms with Crippen LogP contribution in [0, 0.1) is 6.92 Å². The Morgan fingerprint density at radius 1 is 0.818 bits per heavy atom. The van der Waals surface area contributed by atoms with Crippen LogP contribution in [0.1, 0.15) is 42.3 Å². The first kappa shape index (κ1) is 24.1. The molecule has 0 radical (unpaired) electrons. The highest BCUT2D eigenvalue weighted by atomic mass is 16.5. The summed E-state index contributed by atoms with van der Waals surface area (Å²) in [6, 6.07) is 23.5. The zero-order valence-corrected chi connectivity index (χ0v) is 19.8.